The Bertz CT molecular complexity index is 652. The predicted molar refractivity (Wildman–Crippen MR) is 92.6 cm³/mol. The van der Waals surface area contributed by atoms with Crippen LogP contribution >= 0.6 is 11.3 Å². The molecule has 0 radical (unpaired) electrons. The lowest BCUT2D eigenvalue weighted by Crippen LogP contribution is -2.30. The molecule has 1 heterocycles. The largest absolute Gasteiger partial charge is 0.453 e. The zero-order valence-electron chi connectivity index (χ0n) is 13.4. The fraction of sp³-hybridized carbons (Fsp3) is 0.333. The average Bonchev–Trinajstić information content (AvgIpc) is 3.02. The molecule has 1 unspecified atom stereocenters. The lowest BCUT2D eigenvalue weighted by Gasteiger charge is -2.14. The molecule has 0 aliphatic heterocycles. The van der Waals surface area contributed by atoms with Crippen molar-refractivity contribution in [2.75, 3.05) is 5.32 Å². The van der Waals surface area contributed by atoms with E-state index in [0.717, 1.165) is 24.1 Å². The van der Waals surface area contributed by atoms with Crippen LogP contribution in [0.1, 0.15) is 30.2 Å². The number of hydrogen-bond donors (Lipinski definition) is 1. The second kappa shape index (κ2) is 8.48. The van der Waals surface area contributed by atoms with Crippen LogP contribution < -0.4 is 5.32 Å². The monoisotopic (exact) mass is 331 g/mol. The van der Waals surface area contributed by atoms with E-state index in [1.54, 1.807) is 18.3 Å². The third-order valence-corrected chi connectivity index (χ3v) is 4.40. The third kappa shape index (κ3) is 5.53. The van der Waals surface area contributed by atoms with E-state index in [-0.39, 0.29) is 11.9 Å². The molecule has 0 fully saturated rings. The van der Waals surface area contributed by atoms with Gasteiger partial charge < -0.3 is 10.1 Å². The molecule has 1 aromatic heterocycles. The fourth-order valence-electron chi connectivity index (χ4n) is 2.12. The van der Waals surface area contributed by atoms with Gasteiger partial charge in [-0.25, -0.2) is 0 Å². The van der Waals surface area contributed by atoms with E-state index in [0.29, 0.717) is 6.42 Å². The van der Waals surface area contributed by atoms with Crippen LogP contribution in [0.5, 0.6) is 0 Å². The first kappa shape index (κ1) is 17.2. The Hall–Kier alpha value is -2.14. The smallest absolute Gasteiger partial charge is 0.306 e. The number of nitrogens with one attached hydrogen (secondary N) is 1. The van der Waals surface area contributed by atoms with Gasteiger partial charge in [0.1, 0.15) is 0 Å². The summed E-state index contributed by atoms with van der Waals surface area (Å²) in [7, 11) is 0. The van der Waals surface area contributed by atoms with Gasteiger partial charge in [0.25, 0.3) is 5.91 Å². The van der Waals surface area contributed by atoms with Crippen molar-refractivity contribution in [3.8, 4) is 0 Å². The molecule has 1 N–H and O–H groups in total. The number of carbonyl (C=O) groups is 2. The number of carbonyl (C=O) groups excluding carboxylic acids is 2. The van der Waals surface area contributed by atoms with Crippen molar-refractivity contribution in [3.05, 3.63) is 52.2 Å². The molecule has 0 aliphatic rings. The normalized spacial score (nSPS) is 11.7. The Morgan fingerprint density at radius 3 is 2.70 bits per heavy atom. The summed E-state index contributed by atoms with van der Waals surface area (Å²) in [4.78, 5) is 25.1. The molecule has 122 valence electrons. The molecule has 0 bridgehead atoms. The lowest BCUT2D eigenvalue weighted by molar-refractivity contribution is -0.153. The van der Waals surface area contributed by atoms with Crippen LogP contribution in [0.3, 0.4) is 0 Å². The molecule has 0 aliphatic carbocycles. The molecule has 2 rings (SSSR count). The number of rotatable bonds is 7. The van der Waals surface area contributed by atoms with E-state index in [4.69, 9.17) is 4.74 Å². The number of ether oxygens (including phenoxy) is 1. The number of benzene rings is 1. The summed E-state index contributed by atoms with van der Waals surface area (Å²) in [5, 5.41) is 4.80. The summed E-state index contributed by atoms with van der Waals surface area (Å²) >= 11 is 1.68. The standard InChI is InChI=1S/C18H21NO3S/c1-13-7-3-4-10-16(13)19-18(21)14(2)22-17(20)11-5-8-15-9-6-12-23-15/h3-4,6-7,9-10,12,14H,5,8,11H2,1-2H3,(H,19,21). The van der Waals surface area contributed by atoms with E-state index in [9.17, 15) is 9.59 Å². The first-order chi connectivity index (χ1) is 11.1. The van der Waals surface area contributed by atoms with E-state index in [2.05, 4.69) is 5.32 Å². The van der Waals surface area contributed by atoms with Gasteiger partial charge in [-0.2, -0.15) is 0 Å². The van der Waals surface area contributed by atoms with Crippen LogP contribution in [0.2, 0.25) is 0 Å². The minimum atomic E-state index is -0.802. The predicted octanol–water partition coefficient (Wildman–Crippen LogP) is 3.95. The molecule has 1 atom stereocenters. The van der Waals surface area contributed by atoms with Gasteiger partial charge in [-0.05, 0) is 49.8 Å². The van der Waals surface area contributed by atoms with Gasteiger partial charge in [0.15, 0.2) is 6.10 Å². The average molecular weight is 331 g/mol. The van der Waals surface area contributed by atoms with Gasteiger partial charge in [0.2, 0.25) is 0 Å². The van der Waals surface area contributed by atoms with Crippen molar-refractivity contribution in [3.63, 3.8) is 0 Å². The maximum absolute atomic E-state index is 12.1. The zero-order chi connectivity index (χ0) is 16.7. The summed E-state index contributed by atoms with van der Waals surface area (Å²) < 4.78 is 5.20. The summed E-state index contributed by atoms with van der Waals surface area (Å²) in [5.74, 6) is -0.653. The molecule has 4 nitrogen and oxygen atoms in total. The van der Waals surface area contributed by atoms with Crippen LogP contribution in [0.25, 0.3) is 0 Å². The van der Waals surface area contributed by atoms with Crippen molar-refractivity contribution in [2.24, 2.45) is 0 Å². The number of aryl methyl sites for hydroxylation is 2. The Balaban J connectivity index is 1.74. The highest BCUT2D eigenvalue weighted by atomic mass is 32.1. The molecule has 1 amide bonds. The first-order valence-corrected chi connectivity index (χ1v) is 8.52. The highest BCUT2D eigenvalue weighted by Crippen LogP contribution is 2.15. The van der Waals surface area contributed by atoms with Crippen LogP contribution in [-0.2, 0) is 20.7 Å². The Labute approximate surface area is 140 Å². The highest BCUT2D eigenvalue weighted by Gasteiger charge is 2.18. The maximum atomic E-state index is 12.1. The quantitative estimate of drug-likeness (QED) is 0.782. The minimum Gasteiger partial charge on any atom is -0.453 e. The Morgan fingerprint density at radius 1 is 1.22 bits per heavy atom. The van der Waals surface area contributed by atoms with Gasteiger partial charge in [0, 0.05) is 17.0 Å². The van der Waals surface area contributed by atoms with Crippen LogP contribution in [-0.4, -0.2) is 18.0 Å². The summed E-state index contributed by atoms with van der Waals surface area (Å²) in [6.45, 7) is 3.50. The molecule has 23 heavy (non-hydrogen) atoms. The number of hydrogen-bond acceptors (Lipinski definition) is 4. The van der Waals surface area contributed by atoms with E-state index in [1.807, 2.05) is 48.7 Å². The number of para-hydroxylation sites is 1. The number of anilines is 1. The maximum Gasteiger partial charge on any atom is 0.306 e. The zero-order valence-corrected chi connectivity index (χ0v) is 14.2. The van der Waals surface area contributed by atoms with Crippen molar-refractivity contribution < 1.29 is 14.3 Å². The van der Waals surface area contributed by atoms with Crippen molar-refractivity contribution in [2.45, 2.75) is 39.2 Å². The summed E-state index contributed by atoms with van der Waals surface area (Å²) in [6.07, 6.45) is 1.10. The molecule has 2 aromatic rings. The van der Waals surface area contributed by atoms with Crippen LogP contribution in [0.15, 0.2) is 41.8 Å². The van der Waals surface area contributed by atoms with Gasteiger partial charge >= 0.3 is 5.97 Å². The molecule has 0 saturated carbocycles. The Kier molecular flexibility index (Phi) is 6.35. The van der Waals surface area contributed by atoms with E-state index in [1.165, 1.54) is 4.88 Å². The van der Waals surface area contributed by atoms with Gasteiger partial charge in [0.05, 0.1) is 0 Å². The molecular formula is C18H21NO3S. The number of thiophene rings is 1. The molecule has 1 aromatic carbocycles. The van der Waals surface area contributed by atoms with Crippen LogP contribution in [0.4, 0.5) is 5.69 Å². The van der Waals surface area contributed by atoms with Crippen molar-refractivity contribution >= 4 is 28.9 Å². The summed E-state index contributed by atoms with van der Waals surface area (Å²) in [5.41, 5.74) is 1.70. The van der Waals surface area contributed by atoms with Crippen molar-refractivity contribution in [1.29, 1.82) is 0 Å². The van der Waals surface area contributed by atoms with Gasteiger partial charge in [-0.15, -0.1) is 11.3 Å². The van der Waals surface area contributed by atoms with Gasteiger partial charge in [-0.3, -0.25) is 9.59 Å². The summed E-state index contributed by atoms with van der Waals surface area (Å²) in [6, 6.07) is 11.5. The second-order valence-corrected chi connectivity index (χ2v) is 6.40. The Morgan fingerprint density at radius 2 is 2.00 bits per heavy atom. The molecule has 5 heteroatoms. The minimum absolute atomic E-state index is 0.314. The lowest BCUT2D eigenvalue weighted by atomic mass is 10.2. The first-order valence-electron chi connectivity index (χ1n) is 7.64. The van der Waals surface area contributed by atoms with Crippen molar-refractivity contribution in [1.82, 2.24) is 0 Å². The number of esters is 1. The SMILES string of the molecule is Cc1ccccc1NC(=O)C(C)OC(=O)CCCc1cccs1. The number of amides is 1. The van der Waals surface area contributed by atoms with Gasteiger partial charge in [-0.1, -0.05) is 24.3 Å². The van der Waals surface area contributed by atoms with E-state index >= 15 is 0 Å². The topological polar surface area (TPSA) is 55.4 Å². The molecular weight excluding hydrogens is 310 g/mol. The third-order valence-electron chi connectivity index (χ3n) is 3.46. The van der Waals surface area contributed by atoms with E-state index < -0.39 is 6.10 Å². The molecule has 0 spiro atoms. The fourth-order valence-corrected chi connectivity index (χ4v) is 2.87. The second-order valence-electron chi connectivity index (χ2n) is 5.37. The van der Waals surface area contributed by atoms with Crippen LogP contribution in [0, 0.1) is 6.92 Å². The highest BCUT2D eigenvalue weighted by molar-refractivity contribution is 7.09. The molecule has 0 saturated heterocycles.